The number of fused-ring (bicyclic) bond motifs is 2. The van der Waals surface area contributed by atoms with Gasteiger partial charge in [-0.3, -0.25) is 28.7 Å². The Balaban J connectivity index is 1.11. The van der Waals surface area contributed by atoms with Crippen LogP contribution in [0, 0.1) is 0 Å². The summed E-state index contributed by atoms with van der Waals surface area (Å²) < 4.78 is 63.5. The number of pyridine rings is 1. The summed E-state index contributed by atoms with van der Waals surface area (Å²) >= 11 is 1.17. The summed E-state index contributed by atoms with van der Waals surface area (Å²) in [6.45, 7) is 2.58. The smallest absolute Gasteiger partial charge is 0.412 e. The maximum absolute atomic E-state index is 14.0. The van der Waals surface area contributed by atoms with Gasteiger partial charge in [-0.2, -0.15) is 13.2 Å². The summed E-state index contributed by atoms with van der Waals surface area (Å²) in [5.41, 5.74) is 1.44. The van der Waals surface area contributed by atoms with Gasteiger partial charge in [0.2, 0.25) is 11.8 Å². The summed E-state index contributed by atoms with van der Waals surface area (Å²) in [5, 5.41) is 5.91. The molecule has 5 atom stereocenters. The van der Waals surface area contributed by atoms with E-state index >= 15 is 0 Å². The lowest BCUT2D eigenvalue weighted by Gasteiger charge is -2.42. The summed E-state index contributed by atoms with van der Waals surface area (Å²) in [6.07, 6.45) is 2.03. The van der Waals surface area contributed by atoms with E-state index in [4.69, 9.17) is 9.26 Å². The van der Waals surface area contributed by atoms with E-state index in [2.05, 4.69) is 15.4 Å². The third-order valence-electron chi connectivity index (χ3n) is 9.85. The molecule has 2 N–H and O–H groups in total. The minimum atomic E-state index is -4.76. The van der Waals surface area contributed by atoms with Gasteiger partial charge < -0.3 is 24.4 Å². The number of halogens is 3. The van der Waals surface area contributed by atoms with Gasteiger partial charge in [0, 0.05) is 42.1 Å². The quantitative estimate of drug-likeness (QED) is 0.163. The minimum Gasteiger partial charge on any atom is -0.465 e. The van der Waals surface area contributed by atoms with Crippen molar-refractivity contribution in [3.63, 3.8) is 0 Å². The van der Waals surface area contributed by atoms with E-state index in [1.807, 2.05) is 18.3 Å². The van der Waals surface area contributed by atoms with E-state index < -0.39 is 56.5 Å². The Morgan fingerprint density at radius 1 is 1.11 bits per heavy atom. The first-order valence-corrected chi connectivity index (χ1v) is 20.4. The third kappa shape index (κ3) is 9.28. The number of rotatable bonds is 13. The summed E-state index contributed by atoms with van der Waals surface area (Å²) in [6, 6.07) is 7.67. The molecule has 3 aliphatic heterocycles. The number of alkyl halides is 3. The second kappa shape index (κ2) is 16.3. The zero-order valence-corrected chi connectivity index (χ0v) is 31.2. The van der Waals surface area contributed by atoms with Crippen LogP contribution < -0.4 is 10.4 Å². The summed E-state index contributed by atoms with van der Waals surface area (Å²) in [5.74, 6) is -1.36. The molecule has 3 aromatic rings. The average Bonchev–Trinajstić information content (AvgIpc) is 3.69. The van der Waals surface area contributed by atoms with Crippen molar-refractivity contribution in [1.29, 1.82) is 0 Å². The summed E-state index contributed by atoms with van der Waals surface area (Å²) in [7, 11) is -4.27. The molecule has 2 aromatic heterocycles. The Kier molecular flexibility index (Phi) is 11.9. The number of amides is 3. The van der Waals surface area contributed by atoms with Crippen LogP contribution in [-0.2, 0) is 34.4 Å². The average molecular weight is 778 g/mol. The number of nitrogens with one attached hydrogen (secondary N) is 2. The van der Waals surface area contributed by atoms with Gasteiger partial charge in [-0.1, -0.05) is 19.1 Å². The Morgan fingerprint density at radius 3 is 2.62 bits per heavy atom. The Labute approximate surface area is 309 Å². The predicted octanol–water partition coefficient (Wildman–Crippen LogP) is 5.77. The maximum Gasteiger partial charge on any atom is 0.412 e. The molecule has 1 aromatic carbocycles. The van der Waals surface area contributed by atoms with Crippen molar-refractivity contribution in [2.45, 2.75) is 94.8 Å². The van der Waals surface area contributed by atoms with E-state index in [0.717, 1.165) is 18.4 Å². The molecule has 0 bridgehead atoms. The molecule has 0 aliphatic carbocycles. The number of hydrogen-bond donors (Lipinski definition) is 2. The number of esters is 1. The zero-order chi connectivity index (χ0) is 37.9. The van der Waals surface area contributed by atoms with E-state index in [9.17, 15) is 36.9 Å². The fourth-order valence-electron chi connectivity index (χ4n) is 7.19. The lowest BCUT2D eigenvalue weighted by Crippen LogP contribution is -2.58. The number of hydrogen-bond acceptors (Lipinski definition) is 9. The minimum absolute atomic E-state index is 0.0629. The maximum atomic E-state index is 14.0. The number of nitrogens with zero attached hydrogens (tertiary/aromatic N) is 3. The van der Waals surface area contributed by atoms with Crippen LogP contribution in [0.4, 0.5) is 13.2 Å². The fourth-order valence-corrected chi connectivity index (χ4v) is 10.1. The molecular weight excluding hydrogens is 734 g/mol. The van der Waals surface area contributed by atoms with Crippen molar-refractivity contribution in [3.8, 4) is 0 Å². The molecule has 5 heterocycles. The molecule has 3 saturated heterocycles. The van der Waals surface area contributed by atoms with Crippen LogP contribution in [0.5, 0.6) is 0 Å². The zero-order valence-electron chi connectivity index (χ0n) is 29.5. The van der Waals surface area contributed by atoms with Gasteiger partial charge in [-0.05, 0) is 86.2 Å². The first-order chi connectivity index (χ1) is 25.2. The van der Waals surface area contributed by atoms with Crippen molar-refractivity contribution in [3.05, 3.63) is 64.8 Å². The highest BCUT2D eigenvalue weighted by Crippen LogP contribution is 2.48. The number of benzene rings is 1. The molecule has 286 valence electrons. The fraction of sp³-hybridized carbons (Fsp3) is 0.528. The molecule has 53 heavy (non-hydrogen) atoms. The number of aromatic nitrogens is 1. The molecule has 12 nitrogen and oxygen atoms in total. The van der Waals surface area contributed by atoms with Crippen molar-refractivity contribution >= 4 is 52.6 Å². The van der Waals surface area contributed by atoms with Crippen LogP contribution in [0.2, 0.25) is 0 Å². The number of thiophene rings is 1. The third-order valence-corrected chi connectivity index (χ3v) is 13.1. The largest absolute Gasteiger partial charge is 0.465 e. The van der Waals surface area contributed by atoms with Crippen molar-refractivity contribution in [2.75, 3.05) is 26.3 Å². The first kappa shape index (κ1) is 38.9. The molecule has 3 amide bonds. The van der Waals surface area contributed by atoms with Gasteiger partial charge in [0.1, 0.15) is 18.1 Å². The number of ether oxygens (including phenoxy) is 1. The standard InChI is InChI=1S/C36H43F3N5O7PS/c1-3-14-50-35(48)22(2)42-52(49,51-21-36(37,38)39)20-23-9-12-30-25(15-23)16-31(53-30)32(45)41-28-8-4-7-27-10-11-29(44(27)33(28)46)34(47)43-18-26(19-43)24-6-5-13-40-17-24/h5-6,9,12-13,15-17,22,26-29H,3-4,7-8,10-11,14,18-21H2,1-2H3,(H,41,45)(H,42,49)/t22-,27-,28?,29-,52?/m0/s1. The number of carbonyl (C=O) groups is 4. The normalized spacial score (nSPS) is 22.4. The van der Waals surface area contributed by atoms with E-state index in [1.165, 1.54) is 18.3 Å². The highest BCUT2D eigenvalue weighted by atomic mass is 32.1. The van der Waals surface area contributed by atoms with Crippen molar-refractivity contribution < 1.29 is 46.2 Å². The lowest BCUT2D eigenvalue weighted by molar-refractivity contribution is -0.153. The van der Waals surface area contributed by atoms with Gasteiger partial charge >= 0.3 is 12.1 Å². The van der Waals surface area contributed by atoms with E-state index in [1.54, 1.807) is 47.2 Å². The van der Waals surface area contributed by atoms with Crippen LogP contribution in [0.25, 0.3) is 10.1 Å². The first-order valence-electron chi connectivity index (χ1n) is 17.8. The van der Waals surface area contributed by atoms with Crippen LogP contribution in [0.1, 0.15) is 79.1 Å². The SMILES string of the molecule is CCCOC(=O)[C@H](C)NP(=O)(Cc1ccc2sc(C(=O)NC3CCC[C@H]4CC[C@@H](C(=O)N5CC(c6cccnc6)C5)N4C3=O)cc2c1)OCC(F)(F)F. The molecule has 6 rings (SSSR count). The van der Waals surface area contributed by atoms with Gasteiger partial charge in [-0.25, -0.2) is 5.09 Å². The second-order valence-corrected chi connectivity index (χ2v) is 17.2. The van der Waals surface area contributed by atoms with Gasteiger partial charge in [-0.15, -0.1) is 11.3 Å². The molecule has 0 spiro atoms. The predicted molar refractivity (Wildman–Crippen MR) is 191 cm³/mol. The van der Waals surface area contributed by atoms with Crippen molar-refractivity contribution in [1.82, 2.24) is 25.2 Å². The Morgan fingerprint density at radius 2 is 1.91 bits per heavy atom. The van der Waals surface area contributed by atoms with Crippen LogP contribution in [0.15, 0.2) is 48.8 Å². The molecule has 3 aliphatic rings. The molecule has 2 unspecified atom stereocenters. The highest BCUT2D eigenvalue weighted by molar-refractivity contribution is 7.56. The van der Waals surface area contributed by atoms with E-state index in [-0.39, 0.29) is 30.4 Å². The topological polar surface area (TPSA) is 147 Å². The Hall–Kier alpha value is -3.85. The highest BCUT2D eigenvalue weighted by Gasteiger charge is 2.47. The van der Waals surface area contributed by atoms with Crippen molar-refractivity contribution in [2.24, 2.45) is 0 Å². The van der Waals surface area contributed by atoms with Gasteiger partial charge in [0.15, 0.2) is 6.61 Å². The molecule has 17 heteroatoms. The van der Waals surface area contributed by atoms with Crippen LogP contribution >= 0.6 is 18.9 Å². The van der Waals surface area contributed by atoms with Crippen LogP contribution in [0.3, 0.4) is 0 Å². The summed E-state index contributed by atoms with van der Waals surface area (Å²) in [4.78, 5) is 61.4. The Bertz CT molecular complexity index is 1870. The van der Waals surface area contributed by atoms with Gasteiger partial charge in [0.05, 0.1) is 17.6 Å². The second-order valence-electron chi connectivity index (χ2n) is 13.9. The molecule has 0 saturated carbocycles. The van der Waals surface area contributed by atoms with Gasteiger partial charge in [0.25, 0.3) is 13.4 Å². The van der Waals surface area contributed by atoms with E-state index in [0.29, 0.717) is 59.3 Å². The lowest BCUT2D eigenvalue weighted by atomic mass is 9.92. The number of carbonyl (C=O) groups excluding carboxylic acids is 4. The molecule has 3 fully saturated rings. The molecule has 0 radical (unpaired) electrons. The number of likely N-dealkylation sites (tertiary alicyclic amines) is 1. The van der Waals surface area contributed by atoms with Crippen LogP contribution in [-0.4, -0.2) is 95.1 Å². The molecular formula is C36H43F3N5O7PS. The monoisotopic (exact) mass is 777 g/mol.